The molecule has 1 N–H and O–H groups in total. The van der Waals surface area contributed by atoms with Gasteiger partial charge in [-0.3, -0.25) is 10.1 Å². The molecule has 2 aromatic heterocycles. The highest BCUT2D eigenvalue weighted by atomic mass is 16.6. The third-order valence-corrected chi connectivity index (χ3v) is 3.93. The predicted molar refractivity (Wildman–Crippen MR) is 88.2 cm³/mol. The molecule has 3 rings (SSSR count). The van der Waals surface area contributed by atoms with Gasteiger partial charge in [-0.1, -0.05) is 25.5 Å². The number of hydrogen-bond acceptors (Lipinski definition) is 5. The minimum Gasteiger partial charge on any atom is -0.258 e. The maximum absolute atomic E-state index is 11.9. The lowest BCUT2D eigenvalue weighted by Gasteiger charge is -2.11. The van der Waals surface area contributed by atoms with Crippen molar-refractivity contribution in [2.24, 2.45) is 0 Å². The van der Waals surface area contributed by atoms with Gasteiger partial charge >= 0.3 is 5.69 Å². The number of nitro groups is 1. The van der Waals surface area contributed by atoms with E-state index in [1.165, 1.54) is 16.5 Å². The van der Waals surface area contributed by atoms with Crippen molar-refractivity contribution in [1.82, 2.24) is 19.6 Å². The number of benzene rings is 1. The van der Waals surface area contributed by atoms with Gasteiger partial charge in [0.15, 0.2) is 5.65 Å². The first-order chi connectivity index (χ1) is 11.5. The molecule has 0 fully saturated rings. The third kappa shape index (κ3) is 2.78. The third-order valence-electron chi connectivity index (χ3n) is 3.93. The van der Waals surface area contributed by atoms with Crippen molar-refractivity contribution in [2.75, 3.05) is 0 Å². The van der Waals surface area contributed by atoms with E-state index in [2.05, 4.69) is 22.1 Å². The molecule has 0 radical (unpaired) electrons. The molecule has 0 saturated carbocycles. The van der Waals surface area contributed by atoms with Crippen LogP contribution in [0.25, 0.3) is 5.65 Å². The van der Waals surface area contributed by atoms with Gasteiger partial charge in [0, 0.05) is 29.8 Å². The number of fused-ring (bicyclic) bond motifs is 1. The molecule has 0 aliphatic heterocycles. The molecule has 0 unspecified atom stereocenters. The zero-order valence-corrected chi connectivity index (χ0v) is 13.4. The molecule has 0 aliphatic rings. The topological polar surface area (TPSA) is 106 Å². The van der Waals surface area contributed by atoms with Crippen LogP contribution in [-0.2, 0) is 12.8 Å². The highest BCUT2D eigenvalue weighted by molar-refractivity contribution is 5.52. The van der Waals surface area contributed by atoms with Crippen LogP contribution in [-0.4, -0.2) is 24.5 Å². The maximum atomic E-state index is 11.9. The summed E-state index contributed by atoms with van der Waals surface area (Å²) in [6.45, 7) is 3.84. The number of non-ortho nitro benzene ring substituents is 1. The van der Waals surface area contributed by atoms with Crippen LogP contribution in [0, 0.1) is 17.0 Å². The number of rotatable bonds is 5. The van der Waals surface area contributed by atoms with E-state index in [9.17, 15) is 14.9 Å². The predicted octanol–water partition coefficient (Wildman–Crippen LogP) is 2.18. The van der Waals surface area contributed by atoms with Crippen molar-refractivity contribution < 1.29 is 4.92 Å². The van der Waals surface area contributed by atoms with E-state index < -0.39 is 4.92 Å². The summed E-state index contributed by atoms with van der Waals surface area (Å²) in [5.41, 5.74) is 2.98. The molecule has 8 nitrogen and oxygen atoms in total. The van der Waals surface area contributed by atoms with Crippen molar-refractivity contribution in [3.05, 3.63) is 67.5 Å². The fourth-order valence-corrected chi connectivity index (χ4v) is 2.81. The van der Waals surface area contributed by atoms with Crippen molar-refractivity contribution in [3.8, 4) is 0 Å². The minimum absolute atomic E-state index is 0.0516. The maximum Gasteiger partial charge on any atom is 0.349 e. The largest absolute Gasteiger partial charge is 0.349 e. The number of nitrogens with zero attached hydrogens (tertiary/aromatic N) is 4. The van der Waals surface area contributed by atoms with Gasteiger partial charge < -0.3 is 0 Å². The monoisotopic (exact) mass is 327 g/mol. The normalized spacial score (nSPS) is 11.1. The zero-order valence-electron chi connectivity index (χ0n) is 13.4. The van der Waals surface area contributed by atoms with Crippen LogP contribution < -0.4 is 5.69 Å². The Bertz CT molecular complexity index is 956. The molecule has 0 amide bonds. The van der Waals surface area contributed by atoms with Gasteiger partial charge in [0.1, 0.15) is 5.82 Å². The molecule has 2 heterocycles. The smallest absolute Gasteiger partial charge is 0.258 e. The second-order valence-electron chi connectivity index (χ2n) is 5.62. The van der Waals surface area contributed by atoms with Crippen LogP contribution in [0.1, 0.15) is 36.0 Å². The van der Waals surface area contributed by atoms with Gasteiger partial charge in [0.25, 0.3) is 5.69 Å². The second-order valence-corrected chi connectivity index (χ2v) is 5.62. The van der Waals surface area contributed by atoms with Crippen LogP contribution in [0.2, 0.25) is 0 Å². The number of nitrogens with one attached hydrogen (secondary N) is 1. The van der Waals surface area contributed by atoms with Crippen molar-refractivity contribution >= 4 is 11.3 Å². The van der Waals surface area contributed by atoms with Gasteiger partial charge in [0.05, 0.1) is 4.92 Å². The summed E-state index contributed by atoms with van der Waals surface area (Å²) >= 11 is 0. The van der Waals surface area contributed by atoms with E-state index in [1.807, 2.05) is 0 Å². The Morgan fingerprint density at radius 2 is 2.00 bits per heavy atom. The Labute approximate surface area is 137 Å². The molecule has 0 aliphatic carbocycles. The Kier molecular flexibility index (Phi) is 4.11. The molecule has 0 bridgehead atoms. The summed E-state index contributed by atoms with van der Waals surface area (Å²) in [4.78, 5) is 26.8. The van der Waals surface area contributed by atoms with E-state index in [4.69, 9.17) is 0 Å². The number of aromatic nitrogens is 4. The first-order valence-electron chi connectivity index (χ1n) is 7.70. The molecular formula is C16H17N5O3. The van der Waals surface area contributed by atoms with Crippen LogP contribution in [0.15, 0.2) is 29.1 Å². The Balaban J connectivity index is 2.10. The fourth-order valence-electron chi connectivity index (χ4n) is 2.81. The molecule has 8 heteroatoms. The molecule has 1 aromatic carbocycles. The van der Waals surface area contributed by atoms with Gasteiger partial charge in [0.2, 0.25) is 0 Å². The number of aryl methyl sites for hydroxylation is 2. The van der Waals surface area contributed by atoms with E-state index in [-0.39, 0.29) is 11.4 Å². The van der Waals surface area contributed by atoms with Crippen molar-refractivity contribution in [1.29, 1.82) is 0 Å². The van der Waals surface area contributed by atoms with Crippen molar-refractivity contribution in [2.45, 2.75) is 33.1 Å². The summed E-state index contributed by atoms with van der Waals surface area (Å²) in [5, 5.41) is 17.4. The number of nitro benzene ring substituents is 1. The first-order valence-corrected chi connectivity index (χ1v) is 7.70. The lowest BCUT2D eigenvalue weighted by atomic mass is 10.0. The zero-order chi connectivity index (χ0) is 17.3. The van der Waals surface area contributed by atoms with Gasteiger partial charge in [-0.05, 0) is 18.9 Å². The molecule has 124 valence electrons. The Morgan fingerprint density at radius 1 is 1.29 bits per heavy atom. The van der Waals surface area contributed by atoms with Crippen LogP contribution in [0.3, 0.4) is 0 Å². The number of aromatic amines is 1. The number of hydrogen-bond donors (Lipinski definition) is 1. The first kappa shape index (κ1) is 15.9. The van der Waals surface area contributed by atoms with E-state index in [0.717, 1.165) is 29.7 Å². The average molecular weight is 327 g/mol. The SMILES string of the molecule is CCCc1nc(C)n2c(=O)[nH]nc2c1Cc1ccc([N+](=O)[O-])cc1. The Hall–Kier alpha value is -3.03. The minimum atomic E-state index is -0.425. The summed E-state index contributed by atoms with van der Waals surface area (Å²) in [5.74, 6) is 0.597. The molecule has 0 saturated heterocycles. The molecule has 3 aromatic rings. The second kappa shape index (κ2) is 6.23. The van der Waals surface area contributed by atoms with Crippen LogP contribution >= 0.6 is 0 Å². The van der Waals surface area contributed by atoms with Gasteiger partial charge in [-0.2, -0.15) is 5.10 Å². The highest BCUT2D eigenvalue weighted by Crippen LogP contribution is 2.20. The Morgan fingerprint density at radius 3 is 2.62 bits per heavy atom. The summed E-state index contributed by atoms with van der Waals surface area (Å²) in [6, 6.07) is 6.39. The van der Waals surface area contributed by atoms with E-state index in [0.29, 0.717) is 17.9 Å². The van der Waals surface area contributed by atoms with E-state index >= 15 is 0 Å². The standard InChI is InChI=1S/C16H17N5O3/c1-3-4-14-13(9-11-5-7-12(8-6-11)21(23)24)15-18-19-16(22)20(15)10(2)17-14/h5-8H,3-4,9H2,1-2H3,(H,19,22). The average Bonchev–Trinajstić information content (AvgIpc) is 2.94. The highest BCUT2D eigenvalue weighted by Gasteiger charge is 2.16. The summed E-state index contributed by atoms with van der Waals surface area (Å²) in [7, 11) is 0. The molecule has 0 atom stereocenters. The van der Waals surface area contributed by atoms with E-state index in [1.54, 1.807) is 19.1 Å². The van der Waals surface area contributed by atoms with Crippen LogP contribution in [0.5, 0.6) is 0 Å². The van der Waals surface area contributed by atoms with Crippen LogP contribution in [0.4, 0.5) is 5.69 Å². The lowest BCUT2D eigenvalue weighted by Crippen LogP contribution is -2.16. The molecular weight excluding hydrogens is 310 g/mol. The van der Waals surface area contributed by atoms with Crippen molar-refractivity contribution in [3.63, 3.8) is 0 Å². The van der Waals surface area contributed by atoms with Gasteiger partial charge in [-0.15, -0.1) is 0 Å². The quantitative estimate of drug-likeness (QED) is 0.571. The summed E-state index contributed by atoms with van der Waals surface area (Å²) < 4.78 is 1.46. The molecule has 24 heavy (non-hydrogen) atoms. The lowest BCUT2D eigenvalue weighted by molar-refractivity contribution is -0.384. The molecule has 0 spiro atoms. The fraction of sp³-hybridized carbons (Fsp3) is 0.312. The number of H-pyrrole nitrogens is 1. The van der Waals surface area contributed by atoms with Gasteiger partial charge in [-0.25, -0.2) is 19.3 Å². The summed E-state index contributed by atoms with van der Waals surface area (Å²) in [6.07, 6.45) is 2.21.